The van der Waals surface area contributed by atoms with Crippen LogP contribution in [0.1, 0.15) is 17.5 Å². The van der Waals surface area contributed by atoms with Crippen LogP contribution in [-0.2, 0) is 0 Å². The molecule has 126 valence electrons. The molecule has 3 aromatic rings. The molecule has 0 bridgehead atoms. The van der Waals surface area contributed by atoms with Gasteiger partial charge in [0.25, 0.3) is 0 Å². The molecule has 1 aromatic heterocycles. The summed E-state index contributed by atoms with van der Waals surface area (Å²) in [6.45, 7) is 1.91. The number of aliphatic hydroxyl groups is 1. The number of hydrogen-bond donors (Lipinski definition) is 3. The maximum absolute atomic E-state index is 10.2. The van der Waals surface area contributed by atoms with E-state index in [9.17, 15) is 5.11 Å². The maximum Gasteiger partial charge on any atom is 0.230 e. The summed E-state index contributed by atoms with van der Waals surface area (Å²) < 4.78 is 5.25. The van der Waals surface area contributed by atoms with Gasteiger partial charge in [0.15, 0.2) is 6.23 Å². The van der Waals surface area contributed by atoms with Gasteiger partial charge in [-0.1, -0.05) is 18.2 Å². The summed E-state index contributed by atoms with van der Waals surface area (Å²) >= 11 is 0. The summed E-state index contributed by atoms with van der Waals surface area (Å²) in [6, 6.07) is 13.1. The minimum Gasteiger partial charge on any atom is -0.497 e. The van der Waals surface area contributed by atoms with Gasteiger partial charge in [0, 0.05) is 16.6 Å². The van der Waals surface area contributed by atoms with Crippen molar-refractivity contribution in [2.24, 2.45) is 4.99 Å². The Morgan fingerprint density at radius 3 is 2.84 bits per heavy atom. The van der Waals surface area contributed by atoms with Gasteiger partial charge in [-0.15, -0.1) is 0 Å². The number of rotatable bonds is 2. The van der Waals surface area contributed by atoms with E-state index in [1.807, 2.05) is 49.4 Å². The average molecular weight is 335 g/mol. The normalized spacial score (nSPS) is 16.0. The Morgan fingerprint density at radius 1 is 1.16 bits per heavy atom. The summed E-state index contributed by atoms with van der Waals surface area (Å²) in [5, 5.41) is 17.3. The number of benzene rings is 2. The zero-order valence-corrected chi connectivity index (χ0v) is 13.8. The lowest BCUT2D eigenvalue weighted by Gasteiger charge is -2.22. The van der Waals surface area contributed by atoms with E-state index in [0.29, 0.717) is 11.9 Å². The van der Waals surface area contributed by atoms with Crippen molar-refractivity contribution in [3.05, 3.63) is 53.7 Å². The number of anilines is 2. The smallest absolute Gasteiger partial charge is 0.230 e. The van der Waals surface area contributed by atoms with Crippen LogP contribution >= 0.6 is 0 Å². The molecule has 25 heavy (non-hydrogen) atoms. The Labute approximate surface area is 144 Å². The van der Waals surface area contributed by atoms with Gasteiger partial charge in [-0.25, -0.2) is 15.0 Å². The number of aryl methyl sites for hydroxylation is 1. The molecular formula is C18H17N5O2. The van der Waals surface area contributed by atoms with Gasteiger partial charge in [-0.3, -0.25) is 5.32 Å². The molecule has 0 spiro atoms. The second-order valence-electron chi connectivity index (χ2n) is 5.70. The maximum atomic E-state index is 10.2. The van der Waals surface area contributed by atoms with E-state index < -0.39 is 6.23 Å². The van der Waals surface area contributed by atoms with Crippen molar-refractivity contribution in [1.29, 1.82) is 0 Å². The van der Waals surface area contributed by atoms with E-state index in [1.165, 1.54) is 0 Å². The van der Waals surface area contributed by atoms with Crippen molar-refractivity contribution in [1.82, 2.24) is 9.97 Å². The van der Waals surface area contributed by atoms with Crippen molar-refractivity contribution >= 4 is 28.5 Å². The molecule has 1 unspecified atom stereocenters. The Hall–Kier alpha value is -3.19. The van der Waals surface area contributed by atoms with Crippen molar-refractivity contribution in [2.75, 3.05) is 17.7 Å². The third-order valence-electron chi connectivity index (χ3n) is 4.07. The summed E-state index contributed by atoms with van der Waals surface area (Å²) in [6.07, 6.45) is -0.925. The van der Waals surface area contributed by atoms with E-state index in [1.54, 1.807) is 7.11 Å². The van der Waals surface area contributed by atoms with Crippen LogP contribution in [0.4, 0.5) is 11.6 Å². The molecule has 0 aliphatic carbocycles. The number of fused-ring (bicyclic) bond motifs is 2. The molecule has 0 radical (unpaired) electrons. The minimum absolute atomic E-state index is 0.401. The number of methoxy groups -OCH3 is 1. The largest absolute Gasteiger partial charge is 0.497 e. The van der Waals surface area contributed by atoms with Gasteiger partial charge < -0.3 is 15.2 Å². The molecule has 4 rings (SSSR count). The first-order valence-electron chi connectivity index (χ1n) is 7.85. The third-order valence-corrected chi connectivity index (χ3v) is 4.07. The van der Waals surface area contributed by atoms with Gasteiger partial charge in [-0.2, -0.15) is 0 Å². The standard InChI is InChI=1S/C18H17N5O2/c1-10-13-9-11(25-2)7-8-15(13)21-17(19-10)23-18-20-14-6-4-3-5-12(14)16(24)22-18/h3-9,16,24H,1-2H3,(H2,19,20,21,22,23). The second-order valence-corrected chi connectivity index (χ2v) is 5.70. The molecule has 0 saturated carbocycles. The number of nitrogens with zero attached hydrogens (tertiary/aromatic N) is 3. The van der Waals surface area contributed by atoms with Crippen LogP contribution in [0.5, 0.6) is 5.75 Å². The number of guanidine groups is 1. The van der Waals surface area contributed by atoms with Gasteiger partial charge in [0.2, 0.25) is 11.9 Å². The van der Waals surface area contributed by atoms with E-state index in [0.717, 1.165) is 33.6 Å². The minimum atomic E-state index is -0.925. The molecule has 0 amide bonds. The Kier molecular flexibility index (Phi) is 3.70. The molecular weight excluding hydrogens is 318 g/mol. The Balaban J connectivity index is 1.65. The lowest BCUT2D eigenvalue weighted by atomic mass is 10.1. The molecule has 0 saturated heterocycles. The number of nitrogens with one attached hydrogen (secondary N) is 2. The van der Waals surface area contributed by atoms with Gasteiger partial charge >= 0.3 is 0 Å². The van der Waals surface area contributed by atoms with Crippen LogP contribution in [0.25, 0.3) is 10.9 Å². The molecule has 1 aliphatic heterocycles. The first-order valence-corrected chi connectivity index (χ1v) is 7.85. The van der Waals surface area contributed by atoms with Crippen LogP contribution in [0, 0.1) is 6.92 Å². The van der Waals surface area contributed by atoms with E-state index in [4.69, 9.17) is 4.74 Å². The van der Waals surface area contributed by atoms with Crippen molar-refractivity contribution in [3.8, 4) is 5.75 Å². The first kappa shape index (κ1) is 15.3. The van der Waals surface area contributed by atoms with Crippen molar-refractivity contribution in [2.45, 2.75) is 13.2 Å². The zero-order valence-electron chi connectivity index (χ0n) is 13.8. The van der Waals surface area contributed by atoms with E-state index in [2.05, 4.69) is 25.6 Å². The molecule has 7 heteroatoms. The van der Waals surface area contributed by atoms with Crippen LogP contribution < -0.4 is 15.4 Å². The SMILES string of the molecule is COc1ccc2nc(NC3=NC(O)c4ccccc4N3)nc(C)c2c1. The van der Waals surface area contributed by atoms with Gasteiger partial charge in [0.1, 0.15) is 5.75 Å². The lowest BCUT2D eigenvalue weighted by molar-refractivity contribution is 0.188. The van der Waals surface area contributed by atoms with E-state index >= 15 is 0 Å². The second kappa shape index (κ2) is 6.03. The predicted molar refractivity (Wildman–Crippen MR) is 96.9 cm³/mol. The summed E-state index contributed by atoms with van der Waals surface area (Å²) in [5.41, 5.74) is 3.16. The molecule has 3 N–H and O–H groups in total. The fourth-order valence-corrected chi connectivity index (χ4v) is 2.80. The number of aliphatic hydroxyl groups excluding tert-OH is 1. The Bertz CT molecular complexity index is 986. The first-order chi connectivity index (χ1) is 12.1. The summed E-state index contributed by atoms with van der Waals surface area (Å²) in [5.74, 6) is 1.57. The van der Waals surface area contributed by atoms with Crippen molar-refractivity contribution in [3.63, 3.8) is 0 Å². The lowest BCUT2D eigenvalue weighted by Crippen LogP contribution is -2.28. The number of ether oxygens (including phenoxy) is 1. The van der Waals surface area contributed by atoms with E-state index in [-0.39, 0.29) is 0 Å². The van der Waals surface area contributed by atoms with Crippen LogP contribution in [0.15, 0.2) is 47.5 Å². The quantitative estimate of drug-likeness (QED) is 0.667. The molecule has 2 aromatic carbocycles. The molecule has 7 nitrogen and oxygen atoms in total. The summed E-state index contributed by atoms with van der Waals surface area (Å²) in [4.78, 5) is 13.2. The van der Waals surface area contributed by atoms with Crippen molar-refractivity contribution < 1.29 is 9.84 Å². The van der Waals surface area contributed by atoms with Crippen LogP contribution in [0.2, 0.25) is 0 Å². The highest BCUT2D eigenvalue weighted by Gasteiger charge is 2.19. The van der Waals surface area contributed by atoms with Gasteiger partial charge in [-0.05, 0) is 31.2 Å². The molecule has 1 atom stereocenters. The Morgan fingerprint density at radius 2 is 2.00 bits per heavy atom. The average Bonchev–Trinajstić information content (AvgIpc) is 2.61. The number of hydrogen-bond acceptors (Lipinski definition) is 7. The number of para-hydroxylation sites is 1. The highest BCUT2D eigenvalue weighted by atomic mass is 16.5. The van der Waals surface area contributed by atoms with Crippen LogP contribution in [0.3, 0.4) is 0 Å². The number of aliphatic imine (C=N–C) groups is 1. The van der Waals surface area contributed by atoms with Crippen LogP contribution in [-0.4, -0.2) is 28.1 Å². The number of aromatic nitrogens is 2. The summed E-state index contributed by atoms with van der Waals surface area (Å²) in [7, 11) is 1.63. The fraction of sp³-hybridized carbons (Fsp3) is 0.167. The monoisotopic (exact) mass is 335 g/mol. The molecule has 2 heterocycles. The molecule has 0 fully saturated rings. The fourth-order valence-electron chi connectivity index (χ4n) is 2.80. The topological polar surface area (TPSA) is 91.7 Å². The zero-order chi connectivity index (χ0) is 17.4. The highest BCUT2D eigenvalue weighted by molar-refractivity contribution is 6.04. The third kappa shape index (κ3) is 2.85. The molecule has 1 aliphatic rings. The predicted octanol–water partition coefficient (Wildman–Crippen LogP) is 2.83. The highest BCUT2D eigenvalue weighted by Crippen LogP contribution is 2.28. The van der Waals surface area contributed by atoms with Gasteiger partial charge in [0.05, 0.1) is 18.3 Å².